The molecular weight excluding hydrogens is 242 g/mol. The van der Waals surface area contributed by atoms with Gasteiger partial charge in [0, 0.05) is 19.6 Å². The quantitative estimate of drug-likeness (QED) is 0.882. The maximum atomic E-state index is 12.6. The molecule has 1 fully saturated rings. The van der Waals surface area contributed by atoms with E-state index in [1.165, 1.54) is 0 Å². The van der Waals surface area contributed by atoms with Crippen molar-refractivity contribution in [1.29, 1.82) is 0 Å². The Morgan fingerprint density at radius 3 is 2.79 bits per heavy atom. The van der Waals surface area contributed by atoms with E-state index < -0.39 is 0 Å². The fraction of sp³-hybridized carbons (Fsp3) is 0.643. The summed E-state index contributed by atoms with van der Waals surface area (Å²) in [4.78, 5) is 16.5. The zero-order valence-corrected chi connectivity index (χ0v) is 11.9. The van der Waals surface area contributed by atoms with Gasteiger partial charge >= 0.3 is 0 Å². The van der Waals surface area contributed by atoms with Gasteiger partial charge in [-0.25, -0.2) is 0 Å². The molecule has 1 atom stereocenters. The summed E-state index contributed by atoms with van der Waals surface area (Å²) in [6.07, 6.45) is 1.63. The number of carbonyl (C=O) groups is 1. The topological polar surface area (TPSA) is 62.7 Å². The van der Waals surface area contributed by atoms with Crippen molar-refractivity contribution < 1.29 is 9.21 Å². The lowest BCUT2D eigenvalue weighted by Crippen LogP contribution is -2.48. The summed E-state index contributed by atoms with van der Waals surface area (Å²) >= 11 is 0. The Morgan fingerprint density at radius 1 is 1.47 bits per heavy atom. The highest BCUT2D eigenvalue weighted by Crippen LogP contribution is 2.25. The second kappa shape index (κ2) is 5.35. The van der Waals surface area contributed by atoms with Gasteiger partial charge in [0.15, 0.2) is 0 Å². The predicted octanol–water partition coefficient (Wildman–Crippen LogP) is 0.907. The molecule has 1 amide bonds. The number of furan rings is 1. The van der Waals surface area contributed by atoms with Crippen molar-refractivity contribution in [2.45, 2.75) is 26.4 Å². The van der Waals surface area contributed by atoms with Crippen molar-refractivity contribution in [3.8, 4) is 0 Å². The summed E-state index contributed by atoms with van der Waals surface area (Å²) in [6.45, 7) is 6.78. The minimum atomic E-state index is -0.239. The van der Waals surface area contributed by atoms with Gasteiger partial charge in [-0.15, -0.1) is 0 Å². The van der Waals surface area contributed by atoms with Crippen LogP contribution in [0.1, 0.15) is 19.6 Å². The Balaban J connectivity index is 2.21. The number of carbonyl (C=O) groups excluding carboxylic acids is 1. The molecular formula is C14H23N3O2. The first kappa shape index (κ1) is 14.1. The van der Waals surface area contributed by atoms with E-state index in [2.05, 4.69) is 18.7 Å². The molecule has 0 radical (unpaired) electrons. The summed E-state index contributed by atoms with van der Waals surface area (Å²) in [5.74, 6) is 0.899. The highest BCUT2D eigenvalue weighted by Gasteiger charge is 2.37. The third kappa shape index (κ3) is 3.16. The maximum Gasteiger partial charge on any atom is 0.241 e. The number of hydrogen-bond acceptors (Lipinski definition) is 4. The van der Waals surface area contributed by atoms with Crippen LogP contribution in [-0.4, -0.2) is 48.4 Å². The van der Waals surface area contributed by atoms with Crippen molar-refractivity contribution in [3.05, 3.63) is 24.2 Å². The molecule has 2 heterocycles. The summed E-state index contributed by atoms with van der Waals surface area (Å²) < 4.78 is 5.35. The van der Waals surface area contributed by atoms with Crippen LogP contribution in [0.2, 0.25) is 0 Å². The van der Waals surface area contributed by atoms with Crippen molar-refractivity contribution in [2.24, 2.45) is 11.1 Å². The SMILES string of the molecule is CN1CC(C)(C)CN(Cc2ccco2)C(=O)C1CN. The highest BCUT2D eigenvalue weighted by molar-refractivity contribution is 5.82. The lowest BCUT2D eigenvalue weighted by molar-refractivity contribution is -0.135. The standard InChI is InChI=1S/C14H23N3O2/c1-14(2)9-16(3)12(7-15)13(18)17(10-14)8-11-5-4-6-19-11/h4-6,12H,7-10,15H2,1-3H3. The normalized spacial score (nSPS) is 24.5. The second-order valence-corrected chi connectivity index (χ2v) is 6.10. The van der Waals surface area contributed by atoms with E-state index in [0.29, 0.717) is 19.6 Å². The Hall–Kier alpha value is -1.33. The number of hydrogen-bond donors (Lipinski definition) is 1. The lowest BCUT2D eigenvalue weighted by atomic mass is 9.92. The molecule has 0 bridgehead atoms. The third-order valence-electron chi connectivity index (χ3n) is 3.58. The molecule has 1 unspecified atom stereocenters. The molecule has 1 aromatic rings. The molecule has 1 saturated heterocycles. The van der Waals surface area contributed by atoms with E-state index in [-0.39, 0.29) is 17.4 Å². The molecule has 19 heavy (non-hydrogen) atoms. The Kier molecular flexibility index (Phi) is 3.96. The molecule has 0 saturated carbocycles. The van der Waals surface area contributed by atoms with Gasteiger partial charge in [-0.2, -0.15) is 0 Å². The first-order valence-electron chi connectivity index (χ1n) is 6.64. The van der Waals surface area contributed by atoms with E-state index in [9.17, 15) is 4.79 Å². The number of rotatable bonds is 3. The molecule has 5 nitrogen and oxygen atoms in total. The molecule has 1 aromatic heterocycles. The van der Waals surface area contributed by atoms with Crippen molar-refractivity contribution >= 4 is 5.91 Å². The van der Waals surface area contributed by atoms with Gasteiger partial charge in [0.25, 0.3) is 0 Å². The zero-order chi connectivity index (χ0) is 14.0. The van der Waals surface area contributed by atoms with Crippen molar-refractivity contribution in [3.63, 3.8) is 0 Å². The van der Waals surface area contributed by atoms with E-state index in [1.54, 1.807) is 6.26 Å². The number of amides is 1. The fourth-order valence-electron chi connectivity index (χ4n) is 2.83. The molecule has 0 spiro atoms. The molecule has 2 N–H and O–H groups in total. The summed E-state index contributed by atoms with van der Waals surface area (Å²) in [5, 5.41) is 0. The molecule has 5 heteroatoms. The van der Waals surface area contributed by atoms with Gasteiger partial charge in [-0.3, -0.25) is 9.69 Å². The van der Waals surface area contributed by atoms with Gasteiger partial charge in [0.2, 0.25) is 5.91 Å². The van der Waals surface area contributed by atoms with Crippen LogP contribution in [0.3, 0.4) is 0 Å². The first-order chi connectivity index (χ1) is 8.93. The molecule has 1 aliphatic rings. The smallest absolute Gasteiger partial charge is 0.241 e. The van der Waals surface area contributed by atoms with Crippen LogP contribution >= 0.6 is 0 Å². The zero-order valence-electron chi connectivity index (χ0n) is 11.9. The van der Waals surface area contributed by atoms with Crippen LogP contribution in [0.4, 0.5) is 0 Å². The molecule has 0 aromatic carbocycles. The number of likely N-dealkylation sites (N-methyl/N-ethyl adjacent to an activating group) is 1. The average molecular weight is 265 g/mol. The minimum Gasteiger partial charge on any atom is -0.467 e. The third-order valence-corrected chi connectivity index (χ3v) is 3.58. The van der Waals surface area contributed by atoms with E-state index in [4.69, 9.17) is 10.2 Å². The van der Waals surface area contributed by atoms with E-state index >= 15 is 0 Å². The van der Waals surface area contributed by atoms with Crippen LogP contribution in [0.15, 0.2) is 22.8 Å². The molecule has 106 valence electrons. The summed E-state index contributed by atoms with van der Waals surface area (Å²) in [7, 11) is 1.97. The van der Waals surface area contributed by atoms with Gasteiger partial charge in [0.05, 0.1) is 12.8 Å². The van der Waals surface area contributed by atoms with Crippen LogP contribution in [0, 0.1) is 5.41 Å². The summed E-state index contributed by atoms with van der Waals surface area (Å²) in [6, 6.07) is 3.50. The number of nitrogens with zero attached hydrogens (tertiary/aromatic N) is 2. The molecule has 1 aliphatic heterocycles. The molecule has 0 aliphatic carbocycles. The Labute approximate surface area is 114 Å². The van der Waals surface area contributed by atoms with Crippen molar-refractivity contribution in [1.82, 2.24) is 9.80 Å². The van der Waals surface area contributed by atoms with Gasteiger partial charge < -0.3 is 15.1 Å². The van der Waals surface area contributed by atoms with Gasteiger partial charge in [0.1, 0.15) is 11.8 Å². The largest absolute Gasteiger partial charge is 0.467 e. The Bertz CT molecular complexity index is 428. The van der Waals surface area contributed by atoms with Gasteiger partial charge in [-0.1, -0.05) is 13.8 Å². The maximum absolute atomic E-state index is 12.6. The average Bonchev–Trinajstić information content (AvgIpc) is 2.77. The molecule has 2 rings (SSSR count). The van der Waals surface area contributed by atoms with Crippen LogP contribution < -0.4 is 5.73 Å². The fourth-order valence-corrected chi connectivity index (χ4v) is 2.83. The monoisotopic (exact) mass is 265 g/mol. The van der Waals surface area contributed by atoms with Crippen LogP contribution in [0.25, 0.3) is 0 Å². The highest BCUT2D eigenvalue weighted by atomic mass is 16.3. The first-order valence-corrected chi connectivity index (χ1v) is 6.64. The second-order valence-electron chi connectivity index (χ2n) is 6.10. The van der Waals surface area contributed by atoms with E-state index in [0.717, 1.165) is 12.3 Å². The van der Waals surface area contributed by atoms with Crippen LogP contribution in [-0.2, 0) is 11.3 Å². The number of nitrogens with two attached hydrogens (primary N) is 1. The predicted molar refractivity (Wildman–Crippen MR) is 73.4 cm³/mol. The minimum absolute atomic E-state index is 0.0426. The van der Waals surface area contributed by atoms with Crippen molar-refractivity contribution in [2.75, 3.05) is 26.7 Å². The van der Waals surface area contributed by atoms with E-state index in [1.807, 2.05) is 24.1 Å². The van der Waals surface area contributed by atoms with Crippen LogP contribution in [0.5, 0.6) is 0 Å². The summed E-state index contributed by atoms with van der Waals surface area (Å²) in [5.41, 5.74) is 5.81. The Morgan fingerprint density at radius 2 is 2.21 bits per heavy atom. The van der Waals surface area contributed by atoms with Gasteiger partial charge in [-0.05, 0) is 24.6 Å². The lowest BCUT2D eigenvalue weighted by Gasteiger charge is -2.29.